The van der Waals surface area contributed by atoms with Gasteiger partial charge in [-0.2, -0.15) is 0 Å². The number of aliphatic imine (C=N–C) groups is 3. The smallest absolute Gasteiger partial charge is 0.276 e. The monoisotopic (exact) mass is 170 g/mol. The molecule has 0 saturated heterocycles. The normalized spacial score (nSPS) is 27.4. The molecule has 0 aliphatic carbocycles. The Bertz CT molecular complexity index is 306. The molecule has 1 unspecified atom stereocenters. The lowest BCUT2D eigenvalue weighted by Crippen LogP contribution is -2.43. The molecule has 0 fully saturated rings. The molecule has 2 heterocycles. The fourth-order valence-electron chi connectivity index (χ4n) is 0.831. The predicted octanol–water partition coefficient (Wildman–Crippen LogP) is -0.480. The molecule has 1 atom stereocenters. The van der Waals surface area contributed by atoms with Gasteiger partial charge >= 0.3 is 0 Å². The van der Waals surface area contributed by atoms with E-state index in [9.17, 15) is 4.79 Å². The molecule has 2 rings (SSSR count). The fraction of sp³-hybridized carbons (Fsp3) is 0.200. The summed E-state index contributed by atoms with van der Waals surface area (Å²) in [5.41, 5.74) is -0.478. The number of rotatable bonds is 0. The maximum absolute atomic E-state index is 11.0. The van der Waals surface area contributed by atoms with E-state index in [4.69, 9.17) is 11.6 Å². The highest BCUT2D eigenvalue weighted by Crippen LogP contribution is 2.06. The molecule has 0 bridgehead atoms. The van der Waals surface area contributed by atoms with Crippen molar-refractivity contribution < 1.29 is 4.79 Å². The Balaban J connectivity index is 2.45. The molecule has 0 radical (unpaired) electrons. The van der Waals surface area contributed by atoms with E-state index in [0.29, 0.717) is 5.84 Å². The van der Waals surface area contributed by atoms with Gasteiger partial charge in [-0.25, -0.2) is 15.0 Å². The average molecular weight is 171 g/mol. The van der Waals surface area contributed by atoms with Crippen LogP contribution < -0.4 is 5.32 Å². The highest BCUT2D eigenvalue weighted by molar-refractivity contribution is 6.70. The summed E-state index contributed by atoms with van der Waals surface area (Å²) >= 11 is 5.53. The van der Waals surface area contributed by atoms with Gasteiger partial charge in [-0.3, -0.25) is 4.79 Å². The molecular formula is C5H3ClN4O. The van der Waals surface area contributed by atoms with Crippen LogP contribution in [-0.4, -0.2) is 29.4 Å². The molecule has 6 heteroatoms. The number of halogens is 1. The molecule has 1 N–H and O–H groups in total. The Labute approximate surface area is 66.9 Å². The van der Waals surface area contributed by atoms with Gasteiger partial charge in [-0.05, 0) is 0 Å². The summed E-state index contributed by atoms with van der Waals surface area (Å²) in [6.07, 6.45) is 1.28. The lowest BCUT2D eigenvalue weighted by molar-refractivity contribution is -0.114. The minimum Gasteiger partial charge on any atom is -0.316 e. The van der Waals surface area contributed by atoms with Gasteiger partial charge in [0.15, 0.2) is 17.2 Å². The predicted molar refractivity (Wildman–Crippen MR) is 41.1 cm³/mol. The second-order valence-electron chi connectivity index (χ2n) is 1.98. The summed E-state index contributed by atoms with van der Waals surface area (Å²) in [4.78, 5) is 22.2. The quantitative estimate of drug-likeness (QED) is 0.387. The highest BCUT2D eigenvalue weighted by atomic mass is 35.5. The van der Waals surface area contributed by atoms with Crippen molar-refractivity contribution in [2.75, 3.05) is 0 Å². The fourth-order valence-corrected chi connectivity index (χ4v) is 1.02. The second-order valence-corrected chi connectivity index (χ2v) is 2.40. The lowest BCUT2D eigenvalue weighted by Gasteiger charge is -2.12. The molecule has 11 heavy (non-hydrogen) atoms. The summed E-state index contributed by atoms with van der Waals surface area (Å²) in [5, 5.41) is 2.38. The van der Waals surface area contributed by atoms with Crippen LogP contribution in [0, 0.1) is 0 Å². The van der Waals surface area contributed by atoms with E-state index in [2.05, 4.69) is 20.3 Å². The van der Waals surface area contributed by atoms with Crippen LogP contribution in [0.1, 0.15) is 0 Å². The molecule has 0 saturated carbocycles. The number of carbonyl (C=O) groups is 1. The summed E-state index contributed by atoms with van der Waals surface area (Å²) in [6, 6.07) is 0. The standard InChI is InChI=1S/C5H3ClN4O/c6-5-9-3-2(4(11)10-5)7-1-8-3/h1,5H,(H,10,11). The van der Waals surface area contributed by atoms with Crippen molar-refractivity contribution in [3.8, 4) is 0 Å². The molecule has 56 valence electrons. The van der Waals surface area contributed by atoms with Gasteiger partial charge in [0, 0.05) is 0 Å². The van der Waals surface area contributed by atoms with E-state index in [-0.39, 0.29) is 11.6 Å². The maximum atomic E-state index is 11.0. The first kappa shape index (κ1) is 6.48. The average Bonchev–Trinajstić information content (AvgIpc) is 2.34. The van der Waals surface area contributed by atoms with E-state index >= 15 is 0 Å². The third-order valence-corrected chi connectivity index (χ3v) is 1.49. The van der Waals surface area contributed by atoms with Crippen molar-refractivity contribution in [2.24, 2.45) is 15.0 Å². The molecule has 2 aliphatic rings. The van der Waals surface area contributed by atoms with Crippen LogP contribution >= 0.6 is 11.6 Å². The molecule has 5 nitrogen and oxygen atoms in total. The molecule has 0 aromatic heterocycles. The third kappa shape index (κ3) is 0.932. The van der Waals surface area contributed by atoms with E-state index in [1.165, 1.54) is 6.34 Å². The van der Waals surface area contributed by atoms with Crippen molar-refractivity contribution in [3.05, 3.63) is 0 Å². The number of nitrogens with one attached hydrogen (secondary N) is 1. The number of amides is 1. The van der Waals surface area contributed by atoms with Crippen LogP contribution in [-0.2, 0) is 4.79 Å². The van der Waals surface area contributed by atoms with Gasteiger partial charge in [0.1, 0.15) is 6.34 Å². The zero-order valence-electron chi connectivity index (χ0n) is 5.28. The van der Waals surface area contributed by atoms with Crippen molar-refractivity contribution in [2.45, 2.75) is 5.62 Å². The Kier molecular flexibility index (Phi) is 1.25. The van der Waals surface area contributed by atoms with Gasteiger partial charge in [-0.1, -0.05) is 11.6 Å². The first-order valence-corrected chi connectivity index (χ1v) is 3.34. The van der Waals surface area contributed by atoms with Gasteiger partial charge in [0.05, 0.1) is 0 Å². The maximum Gasteiger partial charge on any atom is 0.276 e. The zero-order chi connectivity index (χ0) is 7.84. The van der Waals surface area contributed by atoms with Crippen molar-refractivity contribution >= 4 is 35.4 Å². The first-order chi connectivity index (χ1) is 5.27. The van der Waals surface area contributed by atoms with E-state index in [0.717, 1.165) is 0 Å². The summed E-state index contributed by atoms with van der Waals surface area (Å²) in [5.74, 6) is -0.0127. The Morgan fingerprint density at radius 2 is 2.45 bits per heavy atom. The second kappa shape index (κ2) is 2.13. The molecule has 1 amide bonds. The van der Waals surface area contributed by atoms with Crippen LogP contribution in [0.5, 0.6) is 0 Å². The Hall–Kier alpha value is -1.23. The number of alkyl halides is 1. The molecule has 0 aromatic rings. The molecule has 2 aliphatic heterocycles. The van der Waals surface area contributed by atoms with Crippen LogP contribution in [0.4, 0.5) is 0 Å². The Morgan fingerprint density at radius 1 is 1.64 bits per heavy atom. The largest absolute Gasteiger partial charge is 0.316 e. The number of amidine groups is 1. The van der Waals surface area contributed by atoms with E-state index in [1.807, 2.05) is 0 Å². The van der Waals surface area contributed by atoms with Crippen molar-refractivity contribution in [3.63, 3.8) is 0 Å². The third-order valence-electron chi connectivity index (χ3n) is 1.28. The molecule has 0 aromatic carbocycles. The minimum absolute atomic E-state index is 0.238. The minimum atomic E-state index is -0.716. The number of fused-ring (bicyclic) bond motifs is 1. The van der Waals surface area contributed by atoms with Crippen molar-refractivity contribution in [1.82, 2.24) is 5.32 Å². The van der Waals surface area contributed by atoms with E-state index < -0.39 is 5.62 Å². The van der Waals surface area contributed by atoms with Crippen LogP contribution in [0.2, 0.25) is 0 Å². The SMILES string of the molecule is O=C1NC(Cl)N=C2N=CN=C12. The topological polar surface area (TPSA) is 66.2 Å². The number of hydrogen-bond donors (Lipinski definition) is 1. The zero-order valence-corrected chi connectivity index (χ0v) is 6.04. The molecular weight excluding hydrogens is 168 g/mol. The lowest BCUT2D eigenvalue weighted by atomic mass is 10.3. The first-order valence-electron chi connectivity index (χ1n) is 2.91. The number of carbonyl (C=O) groups excluding carboxylic acids is 1. The molecule has 0 spiro atoms. The Morgan fingerprint density at radius 3 is 3.27 bits per heavy atom. The van der Waals surface area contributed by atoms with Gasteiger partial charge in [-0.15, -0.1) is 0 Å². The van der Waals surface area contributed by atoms with Gasteiger partial charge < -0.3 is 5.32 Å². The van der Waals surface area contributed by atoms with Crippen LogP contribution in [0.15, 0.2) is 15.0 Å². The van der Waals surface area contributed by atoms with Gasteiger partial charge in [0.2, 0.25) is 0 Å². The van der Waals surface area contributed by atoms with Gasteiger partial charge in [0.25, 0.3) is 5.91 Å². The summed E-state index contributed by atoms with van der Waals surface area (Å²) in [6.45, 7) is 0. The van der Waals surface area contributed by atoms with E-state index in [1.54, 1.807) is 0 Å². The summed E-state index contributed by atoms with van der Waals surface area (Å²) < 4.78 is 0. The highest BCUT2D eigenvalue weighted by Gasteiger charge is 2.27. The van der Waals surface area contributed by atoms with Crippen LogP contribution in [0.3, 0.4) is 0 Å². The summed E-state index contributed by atoms with van der Waals surface area (Å²) in [7, 11) is 0. The van der Waals surface area contributed by atoms with Crippen molar-refractivity contribution in [1.29, 1.82) is 0 Å². The van der Waals surface area contributed by atoms with Crippen LogP contribution in [0.25, 0.3) is 0 Å². The number of hydrogen-bond acceptors (Lipinski definition) is 4. The number of nitrogens with zero attached hydrogens (tertiary/aromatic N) is 3.